The average Bonchev–Trinajstić information content (AvgIpc) is 2.40. The number of ether oxygens (including phenoxy) is 2. The summed E-state index contributed by atoms with van der Waals surface area (Å²) in [6.45, 7) is 4.48. The van der Waals surface area contributed by atoms with E-state index in [1.807, 2.05) is 32.0 Å². The minimum atomic E-state index is -0.544. The normalized spacial score (nSPS) is 12.2. The molecule has 0 spiro atoms. The van der Waals surface area contributed by atoms with Crippen LogP contribution in [0, 0.1) is 0 Å². The third-order valence-corrected chi connectivity index (χ3v) is 2.71. The van der Waals surface area contributed by atoms with Gasteiger partial charge in [0.1, 0.15) is 5.75 Å². The van der Waals surface area contributed by atoms with Gasteiger partial charge in [0.15, 0.2) is 0 Å². The minimum absolute atomic E-state index is 0.0448. The number of benzene rings is 1. The molecule has 0 bridgehead atoms. The van der Waals surface area contributed by atoms with Crippen molar-refractivity contribution in [1.29, 1.82) is 0 Å². The predicted octanol–water partition coefficient (Wildman–Crippen LogP) is 2.17. The highest BCUT2D eigenvalue weighted by molar-refractivity contribution is 5.95. The Morgan fingerprint density at radius 1 is 1.35 bits per heavy atom. The molecule has 5 heteroatoms. The van der Waals surface area contributed by atoms with E-state index in [1.54, 1.807) is 13.2 Å². The summed E-state index contributed by atoms with van der Waals surface area (Å²) >= 11 is 0. The fourth-order valence-electron chi connectivity index (χ4n) is 1.73. The first-order valence-corrected chi connectivity index (χ1v) is 6.85. The van der Waals surface area contributed by atoms with Crippen LogP contribution >= 0.6 is 0 Å². The van der Waals surface area contributed by atoms with Crippen LogP contribution in [0.1, 0.15) is 26.7 Å². The van der Waals surface area contributed by atoms with E-state index in [4.69, 9.17) is 15.2 Å². The summed E-state index contributed by atoms with van der Waals surface area (Å²) in [5.41, 5.74) is 6.50. The standard InChI is InChI=1S/C15H24N2O3/c1-11(2)20-14-9-5-4-8-13(14)17-15(18)12(16)7-6-10-19-3/h4-5,8-9,11-12H,6-7,10,16H2,1-3H3,(H,17,18). The second-order valence-electron chi connectivity index (χ2n) is 4.89. The molecule has 0 aromatic heterocycles. The van der Waals surface area contributed by atoms with Gasteiger partial charge in [-0.2, -0.15) is 0 Å². The molecular formula is C15H24N2O3. The lowest BCUT2D eigenvalue weighted by Gasteiger charge is -2.16. The lowest BCUT2D eigenvalue weighted by atomic mass is 10.1. The van der Waals surface area contributed by atoms with Crippen molar-refractivity contribution in [2.75, 3.05) is 19.0 Å². The third kappa shape index (κ3) is 5.59. The summed E-state index contributed by atoms with van der Waals surface area (Å²) in [4.78, 5) is 12.0. The van der Waals surface area contributed by atoms with E-state index < -0.39 is 6.04 Å². The van der Waals surface area contributed by atoms with E-state index in [0.29, 0.717) is 24.5 Å². The SMILES string of the molecule is COCCCC(N)C(=O)Nc1ccccc1OC(C)C. The van der Waals surface area contributed by atoms with Gasteiger partial charge < -0.3 is 20.5 Å². The van der Waals surface area contributed by atoms with E-state index in [-0.39, 0.29) is 12.0 Å². The molecule has 112 valence electrons. The summed E-state index contributed by atoms with van der Waals surface area (Å²) in [5, 5.41) is 2.81. The Kier molecular flexibility index (Phi) is 7.04. The Labute approximate surface area is 120 Å². The Bertz CT molecular complexity index is 421. The number of anilines is 1. The van der Waals surface area contributed by atoms with Gasteiger partial charge in [-0.05, 0) is 38.8 Å². The monoisotopic (exact) mass is 280 g/mol. The molecule has 5 nitrogen and oxygen atoms in total. The van der Waals surface area contributed by atoms with E-state index in [1.165, 1.54) is 0 Å². The van der Waals surface area contributed by atoms with E-state index in [2.05, 4.69) is 5.32 Å². The Morgan fingerprint density at radius 2 is 2.05 bits per heavy atom. The van der Waals surface area contributed by atoms with Gasteiger partial charge in [0.2, 0.25) is 5.91 Å². The maximum Gasteiger partial charge on any atom is 0.241 e. The van der Waals surface area contributed by atoms with E-state index in [0.717, 1.165) is 6.42 Å². The number of rotatable bonds is 8. The van der Waals surface area contributed by atoms with Gasteiger partial charge in [-0.3, -0.25) is 4.79 Å². The minimum Gasteiger partial charge on any atom is -0.489 e. The van der Waals surface area contributed by atoms with Crippen molar-refractivity contribution in [2.45, 2.75) is 38.8 Å². The number of hydrogen-bond acceptors (Lipinski definition) is 4. The molecule has 0 saturated heterocycles. The van der Waals surface area contributed by atoms with Crippen LogP contribution in [0.15, 0.2) is 24.3 Å². The molecule has 0 fully saturated rings. The van der Waals surface area contributed by atoms with E-state index in [9.17, 15) is 4.79 Å². The maximum atomic E-state index is 12.0. The fourth-order valence-corrected chi connectivity index (χ4v) is 1.73. The topological polar surface area (TPSA) is 73.6 Å². The van der Waals surface area contributed by atoms with Crippen LogP contribution < -0.4 is 15.8 Å². The first-order valence-electron chi connectivity index (χ1n) is 6.85. The zero-order valence-electron chi connectivity index (χ0n) is 12.4. The highest BCUT2D eigenvalue weighted by Gasteiger charge is 2.15. The molecule has 1 unspecified atom stereocenters. The summed E-state index contributed by atoms with van der Waals surface area (Å²) in [5.74, 6) is 0.445. The Hall–Kier alpha value is -1.59. The summed E-state index contributed by atoms with van der Waals surface area (Å²) in [7, 11) is 1.63. The number of hydrogen-bond donors (Lipinski definition) is 2. The van der Waals surface area contributed by atoms with Crippen LogP contribution in [0.2, 0.25) is 0 Å². The van der Waals surface area contributed by atoms with Crippen LogP contribution in [-0.4, -0.2) is 31.8 Å². The number of amides is 1. The van der Waals surface area contributed by atoms with Crippen molar-refractivity contribution in [3.05, 3.63) is 24.3 Å². The third-order valence-electron chi connectivity index (χ3n) is 2.71. The lowest BCUT2D eigenvalue weighted by Crippen LogP contribution is -2.35. The van der Waals surface area contributed by atoms with Gasteiger partial charge in [-0.25, -0.2) is 0 Å². The van der Waals surface area contributed by atoms with Gasteiger partial charge in [0.05, 0.1) is 17.8 Å². The predicted molar refractivity (Wildman–Crippen MR) is 79.9 cm³/mol. The molecule has 1 amide bonds. The summed E-state index contributed by atoms with van der Waals surface area (Å²) < 4.78 is 10.6. The molecule has 20 heavy (non-hydrogen) atoms. The van der Waals surface area contributed by atoms with Crippen molar-refractivity contribution in [1.82, 2.24) is 0 Å². The number of carbonyl (C=O) groups is 1. The van der Waals surface area contributed by atoms with Crippen molar-refractivity contribution < 1.29 is 14.3 Å². The highest BCUT2D eigenvalue weighted by atomic mass is 16.5. The van der Waals surface area contributed by atoms with Crippen LogP contribution in [-0.2, 0) is 9.53 Å². The second-order valence-corrected chi connectivity index (χ2v) is 4.89. The molecule has 0 saturated carbocycles. The van der Waals surface area contributed by atoms with Crippen LogP contribution in [0.25, 0.3) is 0 Å². The summed E-state index contributed by atoms with van der Waals surface area (Å²) in [6.07, 6.45) is 1.39. The highest BCUT2D eigenvalue weighted by Crippen LogP contribution is 2.25. The largest absolute Gasteiger partial charge is 0.489 e. The Morgan fingerprint density at radius 3 is 2.70 bits per heavy atom. The number of nitrogens with one attached hydrogen (secondary N) is 1. The zero-order chi connectivity index (χ0) is 15.0. The number of para-hydroxylation sites is 2. The van der Waals surface area contributed by atoms with Crippen molar-refractivity contribution in [3.63, 3.8) is 0 Å². The molecule has 0 aliphatic heterocycles. The van der Waals surface area contributed by atoms with Crippen LogP contribution in [0.4, 0.5) is 5.69 Å². The molecule has 1 aromatic rings. The van der Waals surface area contributed by atoms with Gasteiger partial charge in [0.25, 0.3) is 0 Å². The van der Waals surface area contributed by atoms with Gasteiger partial charge in [0, 0.05) is 13.7 Å². The molecule has 0 radical (unpaired) electrons. The van der Waals surface area contributed by atoms with E-state index >= 15 is 0 Å². The van der Waals surface area contributed by atoms with Crippen molar-refractivity contribution in [2.24, 2.45) is 5.73 Å². The number of carbonyl (C=O) groups excluding carboxylic acids is 1. The van der Waals surface area contributed by atoms with Gasteiger partial charge in [-0.1, -0.05) is 12.1 Å². The molecule has 1 atom stereocenters. The second kappa shape index (κ2) is 8.55. The Balaban J connectivity index is 2.60. The fraction of sp³-hybridized carbons (Fsp3) is 0.533. The molecular weight excluding hydrogens is 256 g/mol. The number of nitrogens with two attached hydrogens (primary N) is 1. The molecule has 1 aromatic carbocycles. The number of methoxy groups -OCH3 is 1. The zero-order valence-corrected chi connectivity index (χ0v) is 12.4. The van der Waals surface area contributed by atoms with Crippen LogP contribution in [0.3, 0.4) is 0 Å². The molecule has 3 N–H and O–H groups in total. The first kappa shape index (κ1) is 16.5. The smallest absolute Gasteiger partial charge is 0.241 e. The quantitative estimate of drug-likeness (QED) is 0.716. The van der Waals surface area contributed by atoms with Gasteiger partial charge in [-0.15, -0.1) is 0 Å². The van der Waals surface area contributed by atoms with Crippen molar-refractivity contribution in [3.8, 4) is 5.75 Å². The van der Waals surface area contributed by atoms with Crippen molar-refractivity contribution >= 4 is 11.6 Å². The molecule has 0 heterocycles. The first-order chi connectivity index (χ1) is 9.54. The molecule has 1 rings (SSSR count). The average molecular weight is 280 g/mol. The molecule has 0 aliphatic rings. The van der Waals surface area contributed by atoms with Gasteiger partial charge >= 0.3 is 0 Å². The van der Waals surface area contributed by atoms with Crippen LogP contribution in [0.5, 0.6) is 5.75 Å². The molecule has 0 aliphatic carbocycles. The summed E-state index contributed by atoms with van der Waals surface area (Å²) in [6, 6.07) is 6.80. The maximum absolute atomic E-state index is 12.0. The lowest BCUT2D eigenvalue weighted by molar-refractivity contribution is -0.117.